The van der Waals surface area contributed by atoms with Gasteiger partial charge in [-0.1, -0.05) is 49.1 Å². The average Bonchev–Trinajstić information content (AvgIpc) is 1.69. The summed E-state index contributed by atoms with van der Waals surface area (Å²) in [7, 11) is 6.58. The first-order valence-corrected chi connectivity index (χ1v) is 53.2. The molecule has 0 bridgehead atoms. The number of nitrogens with one attached hydrogen (secondary N) is 4. The van der Waals surface area contributed by atoms with E-state index < -0.39 is 23.2 Å². The second kappa shape index (κ2) is 59.4. The number of anilines is 10. The number of hydrogen-bond acceptors (Lipinski definition) is 29. The smallest absolute Gasteiger partial charge is 0.870 e. The number of nitrogen functional groups attached to an aromatic ring is 2. The van der Waals surface area contributed by atoms with Crippen LogP contribution in [0, 0.1) is 48.9 Å². The van der Waals surface area contributed by atoms with E-state index in [1.54, 1.807) is 196 Å². The summed E-state index contributed by atoms with van der Waals surface area (Å²) in [4.78, 5) is 130. The van der Waals surface area contributed by atoms with Crippen LogP contribution in [0.25, 0.3) is 0 Å². The van der Waals surface area contributed by atoms with E-state index in [-0.39, 0.29) is 97.0 Å². The maximum absolute atomic E-state index is 13.0. The Morgan fingerprint density at radius 1 is 0.476 bits per heavy atom. The van der Waals surface area contributed by atoms with E-state index in [0.717, 1.165) is 126 Å². The van der Waals surface area contributed by atoms with E-state index in [2.05, 4.69) is 126 Å². The van der Waals surface area contributed by atoms with Crippen molar-refractivity contribution in [3.63, 3.8) is 0 Å². The molecule has 0 aliphatic carbocycles. The third kappa shape index (κ3) is 37.5. The number of benzene rings is 9. The first kappa shape index (κ1) is 120. The molecule has 766 valence electrons. The van der Waals surface area contributed by atoms with Crippen LogP contribution < -0.4 is 71.2 Å². The Balaban J connectivity index is 0.000000238. The van der Waals surface area contributed by atoms with Crippen LogP contribution in [0.1, 0.15) is 175 Å². The molecule has 8 heterocycles. The fourth-order valence-electron chi connectivity index (χ4n) is 16.2. The van der Waals surface area contributed by atoms with Crippen molar-refractivity contribution in [1.82, 2.24) is 14.9 Å². The van der Waals surface area contributed by atoms with Crippen LogP contribution in [-0.4, -0.2) is 193 Å². The topological polar surface area (TPSA) is 506 Å². The van der Waals surface area contributed by atoms with Crippen LogP contribution >= 0.6 is 84.2 Å². The zero-order valence-electron chi connectivity index (χ0n) is 81.4. The first-order valence-electron chi connectivity index (χ1n) is 46.1. The van der Waals surface area contributed by atoms with Crippen LogP contribution in [0.2, 0.25) is 0 Å². The number of esters is 3. The second-order valence-corrected chi connectivity index (χ2v) is 44.0. The van der Waals surface area contributed by atoms with Crippen LogP contribution in [0.4, 0.5) is 55.8 Å². The molecule has 147 heavy (non-hydrogen) atoms. The van der Waals surface area contributed by atoms with Gasteiger partial charge in [0, 0.05) is 112 Å². The number of aromatic nitrogens is 2. The largest absolute Gasteiger partial charge is 1.00 e. The molecule has 42 heteroatoms. The number of quaternary nitrogens is 1. The summed E-state index contributed by atoms with van der Waals surface area (Å²) >= 11 is 19.2. The van der Waals surface area contributed by atoms with Crippen LogP contribution in [0.5, 0.6) is 0 Å². The summed E-state index contributed by atoms with van der Waals surface area (Å²) in [5, 5.41) is 63.1. The normalized spacial score (nSPS) is 15.6. The van der Waals surface area contributed by atoms with Gasteiger partial charge in [-0.25, -0.2) is 33.9 Å². The molecule has 11 aromatic rings. The zero-order valence-corrected chi connectivity index (χ0v) is 88.3. The summed E-state index contributed by atoms with van der Waals surface area (Å²) in [6.45, 7) is 13.4. The molecule has 9 aromatic carbocycles. The van der Waals surface area contributed by atoms with Gasteiger partial charge in [-0.3, -0.25) is 29.1 Å². The number of nitrogens with zero attached hydrogens (tertiary/aromatic N) is 12. The molecule has 2 aromatic heterocycles. The fraction of sp³-hybridized carbons (Fsp3) is 0.305. The van der Waals surface area contributed by atoms with Gasteiger partial charge in [0.05, 0.1) is 126 Å². The van der Waals surface area contributed by atoms with Gasteiger partial charge in [0.1, 0.15) is 30.7 Å². The van der Waals surface area contributed by atoms with E-state index in [0.29, 0.717) is 118 Å². The summed E-state index contributed by atoms with van der Waals surface area (Å²) in [5.41, 5.74) is 23.7. The number of ether oxygens (including phenoxy) is 3. The van der Waals surface area contributed by atoms with Crippen molar-refractivity contribution >= 4 is 193 Å². The molecule has 17 rings (SSSR count). The molecule has 0 radical (unpaired) electrons. The molecule has 4 amide bonds. The number of carbonyl (C=O) groups is 9. The molecule has 0 unspecified atom stereocenters. The number of carboxylic acids is 2. The van der Waals surface area contributed by atoms with Gasteiger partial charge in [-0.15, -0.1) is 11.3 Å². The molecule has 4 fully saturated rings. The van der Waals surface area contributed by atoms with Crippen molar-refractivity contribution in [1.29, 1.82) is 21.0 Å². The number of likely N-dealkylation sites (N-methyl/N-ethyl adjacent to an activating group) is 2. The van der Waals surface area contributed by atoms with E-state index in [9.17, 15) is 52.8 Å². The Bertz CT molecular complexity index is 6560. The number of aromatic carboxylic acids is 1. The molecule has 6 aliphatic rings. The van der Waals surface area contributed by atoms with Crippen molar-refractivity contribution in [3.05, 3.63) is 293 Å². The van der Waals surface area contributed by atoms with Gasteiger partial charge in [0.2, 0.25) is 17.7 Å². The number of nitriles is 4. The number of fused-ring (bicyclic) bond motifs is 2. The zero-order chi connectivity index (χ0) is 104. The maximum Gasteiger partial charge on any atom is 1.00 e. The van der Waals surface area contributed by atoms with E-state index in [1.807, 2.05) is 80.3 Å². The molecule has 4 saturated heterocycles. The summed E-state index contributed by atoms with van der Waals surface area (Å²) in [6, 6.07) is 69.3. The van der Waals surface area contributed by atoms with E-state index in [1.165, 1.54) is 39.4 Å². The molecular formula is C105H115Cl3ILiN18O16PS2+. The Kier molecular flexibility index (Phi) is 48.7. The Morgan fingerprint density at radius 3 is 1.19 bits per heavy atom. The summed E-state index contributed by atoms with van der Waals surface area (Å²) in [5.74, 6) is -3.34. The predicted molar refractivity (Wildman–Crippen MR) is 579 cm³/mol. The molecule has 0 saturated carbocycles. The Hall–Kier alpha value is -13.5. The summed E-state index contributed by atoms with van der Waals surface area (Å²) < 4.78 is 26.5. The van der Waals surface area contributed by atoms with Crippen molar-refractivity contribution in [2.24, 2.45) is 0 Å². The van der Waals surface area contributed by atoms with Crippen molar-refractivity contribution in [2.75, 3.05) is 133 Å². The SMILES string of the molecule is C.CCOC(=O)c1cccc(I)c1.CCOC(=O)c1cccc(N2CCC[C@@H]2C(=O)Nc2ccc(C#N)cc2)c1.CCOC(=O)c1cccc(N2CCC[C@@H]2C(=O)O)c1.CN1CCc2nc(NC(=O)c3cccc(N4CCC[C@@H]4C(=O)Nc4ccc(C#N)cc4)c3)sc2C1.C[N+]1(C)CCc2nc(N)sc2C1.N#Cc1ccc(N)cc1.N#Cc1ccc(NC(=O)[C@H]2CCCN2c2cccc(C(=O)O)c2)cc1.O=P(Cl)(Cl)Cl.[Li+].[OH-]. The molecule has 34 nitrogen and oxygen atoms in total. The number of thiazole rings is 2. The van der Waals surface area contributed by atoms with Gasteiger partial charge in [0.15, 0.2) is 10.3 Å². The van der Waals surface area contributed by atoms with Crippen molar-refractivity contribution in [2.45, 2.75) is 130 Å². The number of carboxylic acid groups (broad SMARTS) is 2. The fourth-order valence-corrected chi connectivity index (χ4v) is 18.9. The van der Waals surface area contributed by atoms with Crippen molar-refractivity contribution < 1.29 is 101 Å². The number of amides is 4. The molecule has 4 atom stereocenters. The van der Waals surface area contributed by atoms with Gasteiger partial charge in [0.25, 0.3) is 5.91 Å². The third-order valence-corrected chi connectivity index (χ3v) is 25.7. The molecule has 11 N–H and O–H groups in total. The minimum atomic E-state index is -3.22. The molecule has 6 aliphatic heterocycles. The van der Waals surface area contributed by atoms with Crippen LogP contribution in [0.15, 0.2) is 218 Å². The second-order valence-electron chi connectivity index (χ2n) is 33.9. The van der Waals surface area contributed by atoms with Crippen molar-refractivity contribution in [3.8, 4) is 24.3 Å². The van der Waals surface area contributed by atoms with E-state index >= 15 is 0 Å². The maximum atomic E-state index is 13.0. The number of aliphatic carboxylic acids is 1. The molecular weight excluding hydrogens is 2100 g/mol. The number of nitrogens with two attached hydrogens (primary N) is 2. The van der Waals surface area contributed by atoms with Crippen LogP contribution in [-0.2, 0) is 63.9 Å². The number of hydrogen-bond donors (Lipinski definition) is 8. The monoisotopic (exact) mass is 2220 g/mol. The number of halogens is 4. The summed E-state index contributed by atoms with van der Waals surface area (Å²) in [6.07, 6.45) is 8.30. The first-order chi connectivity index (χ1) is 69.0. The molecule has 0 spiro atoms. The minimum absolute atomic E-state index is 0. The minimum Gasteiger partial charge on any atom is -0.870 e. The van der Waals surface area contributed by atoms with E-state index in [4.69, 9.17) is 51.8 Å². The Morgan fingerprint density at radius 2 is 0.816 bits per heavy atom. The quantitative estimate of drug-likeness (QED) is 0.00668. The third-order valence-electron chi connectivity index (χ3n) is 23.1. The number of rotatable bonds is 20. The number of carbonyl (C=O) groups excluding carboxylic acids is 7. The Labute approximate surface area is 902 Å². The predicted octanol–water partition coefficient (Wildman–Crippen LogP) is 16.7. The van der Waals surface area contributed by atoms with Gasteiger partial charge in [-0.05, 0) is 324 Å². The average molecular weight is 2220 g/mol. The van der Waals surface area contributed by atoms with Gasteiger partial charge >= 0.3 is 53.9 Å². The van der Waals surface area contributed by atoms with Gasteiger partial charge in [-0.2, -0.15) is 21.0 Å². The van der Waals surface area contributed by atoms with Crippen LogP contribution in [0.3, 0.4) is 0 Å². The standard InChI is InChI=1S/C26H26N6O2S.C21H21N3O3.C19H17N3O3.C14H17NO4.C9H9IO2.C8H14N3S.C7H6N2.CH4.Cl3OP.Li.H2O/c1-31-13-11-21-23(16-31)35-26(29-21)30-24(33)18-4-2-5-20(14-18)32-12-3-6-22(32)25(34)28-19-9-7-17(15-27)8-10-19;1-2-27-21(26)16-5-3-6-18(13-16)24-12-4-7-19(24)20(25)23-17-10-8-15(14-22)9-11-17;20-12-13-6-8-15(9-7-13)21-18(23)17-5-2-10-22(17)16-4-1-3-14(11-16)19(24)25;1-2-19-14(18)10-5-3-6-11(9-10)15-8-4-7-12(15)13(16)17;1-2-12-9(11)7-4-3-5-8(10)6-7;1-11(2)4-3-6-7(5-11)12-8(9)10-6;8-5-6-1-3-7(9)4-2-6;;1-5(2,3)4;;/h2,4-5,7-10,14,22H,3,6,11-13,16H2,1H3,(H,28,34)(H,29,30,33);3,5-6,8-11,13,19H,2,4,7,12H2,1H3,(H,23,25);1,3-4,6-9,11,17H,2,5,10H2,(H,21,23)(H,24,25);3,5-6,9,12H,2,4,7-8H2,1H3,(H,16,17);3-6H,2H2,1H3;3-5H2,1-2H3,(H2,9,10);1-4H,9H2;1H4;;;1H2/q;;;;;+1;;;;+1;/p-1/t22-;19-;17-;12-;;;;;;;/m1111......./s1. The van der Waals surface area contributed by atoms with Gasteiger partial charge < -0.3 is 86.3 Å².